The molecule has 1 heterocycles. The maximum atomic E-state index is 13.3. The van der Waals surface area contributed by atoms with E-state index in [1.165, 1.54) is 22.5 Å². The monoisotopic (exact) mass is 400 g/mol. The highest BCUT2D eigenvalue weighted by atomic mass is 35.5. The first kappa shape index (κ1) is 20.6. The van der Waals surface area contributed by atoms with E-state index < -0.39 is 15.8 Å². The number of piperazine rings is 1. The number of hydrogen-bond acceptors (Lipinski definition) is 4. The molecule has 0 amide bonds. The molecule has 2 aromatic carbocycles. The van der Waals surface area contributed by atoms with Crippen LogP contribution in [0, 0.1) is 5.82 Å². The standard InChI is InChI=1S/C18H21FN2O3S.ClH/c1-24-17-7-5-15(6-8-17)14-20-9-11-21(12-10-20)25(22,23)18-4-2-3-16(19)13-18;/h2-8,13H,9-12,14H2,1H3;1H. The van der Waals surface area contributed by atoms with Gasteiger partial charge in [0.2, 0.25) is 10.0 Å². The molecule has 0 N–H and O–H groups in total. The average Bonchev–Trinajstić information content (AvgIpc) is 2.63. The quantitative estimate of drug-likeness (QED) is 0.774. The van der Waals surface area contributed by atoms with Crippen molar-refractivity contribution in [2.45, 2.75) is 11.4 Å². The molecule has 1 aliphatic heterocycles. The van der Waals surface area contributed by atoms with Crippen LogP contribution in [0.4, 0.5) is 4.39 Å². The molecule has 0 atom stereocenters. The predicted octanol–water partition coefficient (Wildman–Crippen LogP) is 2.76. The topological polar surface area (TPSA) is 49.9 Å². The molecule has 1 aliphatic rings. The Labute approximate surface area is 159 Å². The molecule has 0 saturated carbocycles. The second kappa shape index (κ2) is 8.81. The van der Waals surface area contributed by atoms with Crippen molar-refractivity contribution in [2.24, 2.45) is 0 Å². The van der Waals surface area contributed by atoms with E-state index in [9.17, 15) is 12.8 Å². The average molecular weight is 401 g/mol. The van der Waals surface area contributed by atoms with Crippen molar-refractivity contribution in [3.8, 4) is 5.75 Å². The van der Waals surface area contributed by atoms with Gasteiger partial charge in [-0.1, -0.05) is 18.2 Å². The largest absolute Gasteiger partial charge is 0.497 e. The minimum absolute atomic E-state index is 0. The van der Waals surface area contributed by atoms with E-state index in [0.717, 1.165) is 23.9 Å². The number of hydrogen-bond donors (Lipinski definition) is 0. The van der Waals surface area contributed by atoms with Crippen LogP contribution in [0.3, 0.4) is 0 Å². The number of benzene rings is 2. The smallest absolute Gasteiger partial charge is 0.243 e. The molecule has 0 unspecified atom stereocenters. The molecule has 0 spiro atoms. The molecule has 1 fully saturated rings. The normalized spacial score (nSPS) is 16.1. The van der Waals surface area contributed by atoms with Crippen molar-refractivity contribution in [1.29, 1.82) is 0 Å². The minimum Gasteiger partial charge on any atom is -0.497 e. The highest BCUT2D eigenvalue weighted by Gasteiger charge is 2.28. The van der Waals surface area contributed by atoms with Gasteiger partial charge in [-0.05, 0) is 35.9 Å². The highest BCUT2D eigenvalue weighted by Crippen LogP contribution is 2.20. The van der Waals surface area contributed by atoms with E-state index in [2.05, 4.69) is 4.90 Å². The van der Waals surface area contributed by atoms with E-state index in [1.54, 1.807) is 7.11 Å². The summed E-state index contributed by atoms with van der Waals surface area (Å²) >= 11 is 0. The fraction of sp³-hybridized carbons (Fsp3) is 0.333. The number of rotatable bonds is 5. The number of sulfonamides is 1. The van der Waals surface area contributed by atoms with Gasteiger partial charge in [-0.3, -0.25) is 4.90 Å². The lowest BCUT2D eigenvalue weighted by Gasteiger charge is -2.34. The van der Waals surface area contributed by atoms with Gasteiger partial charge in [-0.2, -0.15) is 4.31 Å². The van der Waals surface area contributed by atoms with Gasteiger partial charge in [0, 0.05) is 32.7 Å². The van der Waals surface area contributed by atoms with Crippen LogP contribution < -0.4 is 4.74 Å². The first-order chi connectivity index (χ1) is 12.0. The van der Waals surface area contributed by atoms with Crippen LogP contribution in [-0.4, -0.2) is 50.9 Å². The molecule has 0 radical (unpaired) electrons. The van der Waals surface area contributed by atoms with Crippen molar-refractivity contribution in [2.75, 3.05) is 33.3 Å². The van der Waals surface area contributed by atoms with E-state index in [1.807, 2.05) is 24.3 Å². The molecule has 3 rings (SSSR count). The lowest BCUT2D eigenvalue weighted by atomic mass is 10.2. The summed E-state index contributed by atoms with van der Waals surface area (Å²) in [6.07, 6.45) is 0. The van der Waals surface area contributed by atoms with Gasteiger partial charge in [-0.15, -0.1) is 12.4 Å². The van der Waals surface area contributed by atoms with E-state index >= 15 is 0 Å². The summed E-state index contributed by atoms with van der Waals surface area (Å²) in [5.74, 6) is 0.272. The zero-order valence-electron chi connectivity index (χ0n) is 14.5. The second-order valence-corrected chi connectivity index (χ2v) is 7.92. The summed E-state index contributed by atoms with van der Waals surface area (Å²) in [5, 5.41) is 0. The van der Waals surface area contributed by atoms with Gasteiger partial charge < -0.3 is 4.74 Å². The molecule has 8 heteroatoms. The Morgan fingerprint density at radius 2 is 1.69 bits per heavy atom. The van der Waals surface area contributed by atoms with Crippen LogP contribution in [0.5, 0.6) is 5.75 Å². The Kier molecular flexibility index (Phi) is 7.00. The molecular weight excluding hydrogens is 379 g/mol. The third-order valence-electron chi connectivity index (χ3n) is 4.33. The number of nitrogens with zero attached hydrogens (tertiary/aromatic N) is 2. The van der Waals surface area contributed by atoms with Gasteiger partial charge in [0.15, 0.2) is 0 Å². The molecule has 142 valence electrons. The first-order valence-electron chi connectivity index (χ1n) is 8.10. The summed E-state index contributed by atoms with van der Waals surface area (Å²) in [5.41, 5.74) is 1.15. The highest BCUT2D eigenvalue weighted by molar-refractivity contribution is 7.89. The Balaban J connectivity index is 0.00000243. The summed E-state index contributed by atoms with van der Waals surface area (Å²) in [4.78, 5) is 2.22. The van der Waals surface area contributed by atoms with E-state index in [4.69, 9.17) is 4.74 Å². The molecule has 0 bridgehead atoms. The number of halogens is 2. The van der Waals surface area contributed by atoms with Crippen molar-refractivity contribution in [3.05, 3.63) is 59.9 Å². The van der Waals surface area contributed by atoms with Crippen LogP contribution in [0.1, 0.15) is 5.56 Å². The molecule has 26 heavy (non-hydrogen) atoms. The maximum absolute atomic E-state index is 13.3. The van der Waals surface area contributed by atoms with Crippen molar-refractivity contribution >= 4 is 22.4 Å². The lowest BCUT2D eigenvalue weighted by Crippen LogP contribution is -2.48. The van der Waals surface area contributed by atoms with Crippen LogP contribution >= 0.6 is 12.4 Å². The number of ether oxygens (including phenoxy) is 1. The fourth-order valence-corrected chi connectivity index (χ4v) is 4.35. The van der Waals surface area contributed by atoms with Crippen molar-refractivity contribution < 1.29 is 17.5 Å². The van der Waals surface area contributed by atoms with E-state index in [-0.39, 0.29) is 17.3 Å². The van der Waals surface area contributed by atoms with Gasteiger partial charge in [0.25, 0.3) is 0 Å². The summed E-state index contributed by atoms with van der Waals surface area (Å²) < 4.78 is 45.1. The zero-order valence-corrected chi connectivity index (χ0v) is 16.1. The van der Waals surface area contributed by atoms with Crippen LogP contribution in [0.25, 0.3) is 0 Å². The van der Waals surface area contributed by atoms with Gasteiger partial charge >= 0.3 is 0 Å². The molecule has 0 aromatic heterocycles. The summed E-state index contributed by atoms with van der Waals surface area (Å²) in [7, 11) is -2.01. The molecule has 2 aromatic rings. The summed E-state index contributed by atoms with van der Waals surface area (Å²) in [6, 6.07) is 13.0. The molecular formula is C18H22ClFN2O3S. The van der Waals surface area contributed by atoms with Crippen LogP contribution in [0.2, 0.25) is 0 Å². The molecule has 5 nitrogen and oxygen atoms in total. The fourth-order valence-electron chi connectivity index (χ4n) is 2.89. The maximum Gasteiger partial charge on any atom is 0.243 e. The zero-order chi connectivity index (χ0) is 17.9. The van der Waals surface area contributed by atoms with Gasteiger partial charge in [0.05, 0.1) is 12.0 Å². The Morgan fingerprint density at radius 3 is 2.27 bits per heavy atom. The Bertz CT molecular complexity index is 823. The van der Waals surface area contributed by atoms with E-state index in [0.29, 0.717) is 26.2 Å². The second-order valence-electron chi connectivity index (χ2n) is 5.99. The first-order valence-corrected chi connectivity index (χ1v) is 9.54. The third kappa shape index (κ3) is 4.73. The SMILES string of the molecule is COc1ccc(CN2CCN(S(=O)(=O)c3cccc(F)c3)CC2)cc1.Cl. The molecule has 1 saturated heterocycles. The molecule has 0 aliphatic carbocycles. The predicted molar refractivity (Wildman–Crippen MR) is 101 cm³/mol. The van der Waals surface area contributed by atoms with Gasteiger partial charge in [-0.25, -0.2) is 12.8 Å². The Hall–Kier alpha value is -1.67. The third-order valence-corrected chi connectivity index (χ3v) is 6.22. The minimum atomic E-state index is -3.64. The van der Waals surface area contributed by atoms with Crippen molar-refractivity contribution in [3.63, 3.8) is 0 Å². The van der Waals surface area contributed by atoms with Gasteiger partial charge in [0.1, 0.15) is 11.6 Å². The number of methoxy groups -OCH3 is 1. The lowest BCUT2D eigenvalue weighted by molar-refractivity contribution is 0.181. The van der Waals surface area contributed by atoms with Crippen LogP contribution in [-0.2, 0) is 16.6 Å². The summed E-state index contributed by atoms with van der Waals surface area (Å²) in [6.45, 7) is 2.84. The Morgan fingerprint density at radius 1 is 1.04 bits per heavy atom. The van der Waals surface area contributed by atoms with Crippen molar-refractivity contribution in [1.82, 2.24) is 9.21 Å². The van der Waals surface area contributed by atoms with Crippen LogP contribution in [0.15, 0.2) is 53.4 Å².